The monoisotopic (exact) mass is 278 g/mol. The van der Waals surface area contributed by atoms with Crippen molar-refractivity contribution in [1.82, 2.24) is 4.57 Å². The largest absolute Gasteiger partial charge is 0.492 e. The Morgan fingerprint density at radius 3 is 2.79 bits per heavy atom. The van der Waals surface area contributed by atoms with E-state index < -0.39 is 0 Å². The molecule has 1 heterocycles. The topological polar surface area (TPSA) is 43.6 Å². The molecule has 0 saturated carbocycles. The third kappa shape index (κ3) is 2.71. The number of carbonyl (C=O) groups excluding carboxylic acids is 1. The zero-order valence-corrected chi connectivity index (χ0v) is 12.3. The summed E-state index contributed by atoms with van der Waals surface area (Å²) in [5.41, 5.74) is 1.03. The molecule has 0 radical (unpaired) electrons. The summed E-state index contributed by atoms with van der Waals surface area (Å²) in [7, 11) is 0. The van der Waals surface area contributed by atoms with Crippen LogP contribution < -0.4 is 9.54 Å². The summed E-state index contributed by atoms with van der Waals surface area (Å²) in [6, 6.07) is 5.95. The van der Waals surface area contributed by atoms with Crippen LogP contribution in [0.15, 0.2) is 23.2 Å². The average Bonchev–Trinajstić information content (AvgIpc) is 2.77. The van der Waals surface area contributed by atoms with Crippen molar-refractivity contribution < 1.29 is 9.53 Å². The maximum Gasteiger partial charge on any atom is 0.248 e. The van der Waals surface area contributed by atoms with Crippen molar-refractivity contribution in [2.45, 2.75) is 33.7 Å². The van der Waals surface area contributed by atoms with E-state index in [1.807, 2.05) is 43.5 Å². The Hall–Kier alpha value is -1.62. The third-order valence-electron chi connectivity index (χ3n) is 2.80. The molecule has 102 valence electrons. The van der Waals surface area contributed by atoms with Crippen LogP contribution in [-0.2, 0) is 11.3 Å². The van der Waals surface area contributed by atoms with Gasteiger partial charge in [0.05, 0.1) is 11.3 Å². The first-order chi connectivity index (χ1) is 9.21. The Morgan fingerprint density at radius 2 is 2.16 bits per heavy atom. The minimum absolute atomic E-state index is 0.0910. The number of para-hydroxylation sites is 1. The predicted molar refractivity (Wildman–Crippen MR) is 77.5 cm³/mol. The van der Waals surface area contributed by atoms with Gasteiger partial charge in [0.1, 0.15) is 11.3 Å². The van der Waals surface area contributed by atoms with Gasteiger partial charge in [-0.3, -0.25) is 4.79 Å². The van der Waals surface area contributed by atoms with Gasteiger partial charge in [-0.15, -0.1) is 0 Å². The van der Waals surface area contributed by atoms with E-state index in [0.717, 1.165) is 27.3 Å². The Labute approximate surface area is 116 Å². The van der Waals surface area contributed by atoms with Crippen LogP contribution in [0.5, 0.6) is 5.75 Å². The number of fused-ring (bicyclic) bond motifs is 1. The number of carbonyl (C=O) groups is 1. The Morgan fingerprint density at radius 1 is 1.37 bits per heavy atom. The van der Waals surface area contributed by atoms with Gasteiger partial charge in [-0.2, -0.15) is 4.99 Å². The molecule has 0 spiro atoms. The van der Waals surface area contributed by atoms with Gasteiger partial charge in [-0.25, -0.2) is 0 Å². The lowest BCUT2D eigenvalue weighted by molar-refractivity contribution is -0.117. The van der Waals surface area contributed by atoms with Gasteiger partial charge in [0.15, 0.2) is 4.80 Å². The lowest BCUT2D eigenvalue weighted by Gasteiger charge is -2.07. The highest BCUT2D eigenvalue weighted by Gasteiger charge is 2.10. The molecule has 1 aromatic carbocycles. The first-order valence-corrected chi connectivity index (χ1v) is 7.35. The number of aryl methyl sites for hydroxylation is 1. The van der Waals surface area contributed by atoms with Crippen LogP contribution in [0.4, 0.5) is 0 Å². The van der Waals surface area contributed by atoms with Crippen molar-refractivity contribution in [2.75, 3.05) is 6.61 Å². The van der Waals surface area contributed by atoms with E-state index in [0.29, 0.717) is 13.0 Å². The number of aromatic nitrogens is 1. The molecule has 0 bridgehead atoms. The van der Waals surface area contributed by atoms with Crippen LogP contribution >= 0.6 is 11.3 Å². The number of rotatable bonds is 4. The number of nitrogens with zero attached hydrogens (tertiary/aromatic N) is 2. The molecule has 0 atom stereocenters. The predicted octanol–water partition coefficient (Wildman–Crippen LogP) is 2.96. The molecule has 19 heavy (non-hydrogen) atoms. The molecule has 0 aliphatic rings. The second-order valence-electron chi connectivity index (χ2n) is 4.02. The molecule has 0 aliphatic carbocycles. The van der Waals surface area contributed by atoms with Gasteiger partial charge in [0, 0.05) is 13.0 Å². The zero-order valence-electron chi connectivity index (χ0n) is 11.5. The van der Waals surface area contributed by atoms with Gasteiger partial charge >= 0.3 is 0 Å². The molecule has 2 rings (SSSR count). The maximum atomic E-state index is 11.5. The van der Waals surface area contributed by atoms with Gasteiger partial charge in [-0.1, -0.05) is 24.3 Å². The van der Waals surface area contributed by atoms with Crippen LogP contribution in [0.2, 0.25) is 0 Å². The Bertz CT molecular complexity index is 655. The number of thiazole rings is 1. The molecular formula is C14H18N2O2S. The van der Waals surface area contributed by atoms with Gasteiger partial charge in [0.25, 0.3) is 0 Å². The summed E-state index contributed by atoms with van der Waals surface area (Å²) in [5, 5.41) is 0. The molecule has 2 aromatic rings. The van der Waals surface area contributed by atoms with Crippen molar-refractivity contribution in [3.8, 4) is 5.75 Å². The van der Waals surface area contributed by atoms with E-state index in [1.54, 1.807) is 0 Å². The van der Waals surface area contributed by atoms with Crippen molar-refractivity contribution in [1.29, 1.82) is 0 Å². The normalized spacial score (nSPS) is 12.1. The number of hydrogen-bond donors (Lipinski definition) is 0. The highest BCUT2D eigenvalue weighted by molar-refractivity contribution is 7.16. The number of hydrogen-bond acceptors (Lipinski definition) is 3. The van der Waals surface area contributed by atoms with Gasteiger partial charge < -0.3 is 9.30 Å². The first-order valence-electron chi connectivity index (χ1n) is 6.53. The molecule has 1 aromatic heterocycles. The lowest BCUT2D eigenvalue weighted by Crippen LogP contribution is -2.15. The molecule has 1 amide bonds. The maximum absolute atomic E-state index is 11.5. The van der Waals surface area contributed by atoms with E-state index >= 15 is 0 Å². The second kappa shape index (κ2) is 6.02. The van der Waals surface area contributed by atoms with E-state index in [1.165, 1.54) is 11.3 Å². The highest BCUT2D eigenvalue weighted by Crippen LogP contribution is 2.27. The fourth-order valence-electron chi connectivity index (χ4n) is 1.93. The Kier molecular flexibility index (Phi) is 4.37. The third-order valence-corrected chi connectivity index (χ3v) is 3.85. The second-order valence-corrected chi connectivity index (χ2v) is 5.03. The lowest BCUT2D eigenvalue weighted by atomic mass is 10.3. The van der Waals surface area contributed by atoms with Crippen molar-refractivity contribution >= 4 is 27.5 Å². The molecule has 0 aliphatic heterocycles. The van der Waals surface area contributed by atoms with E-state index in [4.69, 9.17) is 4.74 Å². The molecule has 5 heteroatoms. The van der Waals surface area contributed by atoms with Crippen molar-refractivity contribution in [2.24, 2.45) is 4.99 Å². The average molecular weight is 278 g/mol. The fraction of sp³-hybridized carbons (Fsp3) is 0.429. The summed E-state index contributed by atoms with van der Waals surface area (Å²) in [4.78, 5) is 16.5. The van der Waals surface area contributed by atoms with E-state index in [9.17, 15) is 4.79 Å². The molecular weight excluding hydrogens is 260 g/mol. The van der Waals surface area contributed by atoms with Crippen LogP contribution in [0.3, 0.4) is 0 Å². The number of benzene rings is 1. The molecule has 4 nitrogen and oxygen atoms in total. The van der Waals surface area contributed by atoms with E-state index in [2.05, 4.69) is 4.99 Å². The first kappa shape index (κ1) is 13.8. The number of amides is 1. The minimum atomic E-state index is -0.0910. The minimum Gasteiger partial charge on any atom is -0.492 e. The van der Waals surface area contributed by atoms with Crippen LogP contribution in [0.25, 0.3) is 10.2 Å². The van der Waals surface area contributed by atoms with Crippen LogP contribution in [0.1, 0.15) is 27.2 Å². The summed E-state index contributed by atoms with van der Waals surface area (Å²) in [5.74, 6) is 0.759. The fourth-order valence-corrected chi connectivity index (χ4v) is 3.06. The summed E-state index contributed by atoms with van der Waals surface area (Å²) < 4.78 is 8.80. The quantitative estimate of drug-likeness (QED) is 0.863. The van der Waals surface area contributed by atoms with Crippen LogP contribution in [0, 0.1) is 0 Å². The zero-order chi connectivity index (χ0) is 13.8. The SMILES string of the molecule is CCOc1cccc2sc(=NC(=O)CC)n(CC)c12. The summed E-state index contributed by atoms with van der Waals surface area (Å²) in [6.07, 6.45) is 0.427. The molecule has 0 unspecified atom stereocenters. The van der Waals surface area contributed by atoms with Gasteiger partial charge in [-0.05, 0) is 26.0 Å². The van der Waals surface area contributed by atoms with E-state index in [-0.39, 0.29) is 5.91 Å². The van der Waals surface area contributed by atoms with Crippen molar-refractivity contribution in [3.63, 3.8) is 0 Å². The molecule has 0 fully saturated rings. The standard InChI is InChI=1S/C14H18N2O2S/c1-4-12(17)15-14-16(5-2)13-10(18-6-3)8-7-9-11(13)19-14/h7-9H,4-6H2,1-3H3. The summed E-state index contributed by atoms with van der Waals surface area (Å²) in [6.45, 7) is 7.22. The highest BCUT2D eigenvalue weighted by atomic mass is 32.1. The Balaban J connectivity index is 2.72. The number of ether oxygens (including phenoxy) is 1. The van der Waals surface area contributed by atoms with Crippen LogP contribution in [-0.4, -0.2) is 17.1 Å². The molecule has 0 saturated heterocycles. The smallest absolute Gasteiger partial charge is 0.248 e. The van der Waals surface area contributed by atoms with Crippen molar-refractivity contribution in [3.05, 3.63) is 23.0 Å². The summed E-state index contributed by atoms with van der Waals surface area (Å²) >= 11 is 1.53. The van der Waals surface area contributed by atoms with Gasteiger partial charge in [0.2, 0.25) is 5.91 Å². The molecule has 0 N–H and O–H groups in total.